The molecule has 16 heavy (non-hydrogen) atoms. The van der Waals surface area contributed by atoms with E-state index in [-0.39, 0.29) is 0 Å². The van der Waals surface area contributed by atoms with Gasteiger partial charge in [0.25, 0.3) is 0 Å². The summed E-state index contributed by atoms with van der Waals surface area (Å²) in [5.41, 5.74) is 1.25. The average molecular weight is 218 g/mol. The summed E-state index contributed by atoms with van der Waals surface area (Å²) in [4.78, 5) is 4.35. The predicted octanol–water partition coefficient (Wildman–Crippen LogP) is 2.37. The monoisotopic (exact) mass is 218 g/mol. The molecule has 86 valence electrons. The van der Waals surface area contributed by atoms with E-state index in [0.29, 0.717) is 12.1 Å². The molecule has 3 nitrogen and oxygen atoms in total. The Morgan fingerprint density at radius 3 is 3.00 bits per heavy atom. The van der Waals surface area contributed by atoms with Crippen LogP contribution in [0.3, 0.4) is 0 Å². The van der Waals surface area contributed by atoms with Crippen LogP contribution >= 0.6 is 0 Å². The zero-order valence-corrected chi connectivity index (χ0v) is 9.65. The van der Waals surface area contributed by atoms with Crippen LogP contribution < -0.4 is 5.32 Å². The first kappa shape index (κ1) is 10.1. The highest BCUT2D eigenvalue weighted by molar-refractivity contribution is 5.38. The molecule has 2 aliphatic rings. The van der Waals surface area contributed by atoms with Crippen LogP contribution in [0.25, 0.3) is 0 Å². The van der Waals surface area contributed by atoms with Crippen molar-refractivity contribution in [3.63, 3.8) is 0 Å². The number of rotatable bonds is 3. The summed E-state index contributed by atoms with van der Waals surface area (Å²) in [7, 11) is 0. The van der Waals surface area contributed by atoms with Gasteiger partial charge in [0.05, 0.1) is 12.1 Å². The van der Waals surface area contributed by atoms with Crippen LogP contribution in [-0.4, -0.2) is 23.7 Å². The van der Waals surface area contributed by atoms with Gasteiger partial charge in [-0.25, -0.2) is 4.98 Å². The van der Waals surface area contributed by atoms with Crippen molar-refractivity contribution in [1.29, 1.82) is 0 Å². The lowest BCUT2D eigenvalue weighted by Crippen LogP contribution is -2.31. The molecule has 3 heteroatoms. The topological polar surface area (TPSA) is 34.2 Å². The number of nitrogens with zero attached hydrogens (tertiary/aromatic N) is 1. The summed E-state index contributed by atoms with van der Waals surface area (Å²) < 4.78 is 5.80. The molecule has 2 unspecified atom stereocenters. The molecule has 1 N–H and O–H groups in total. The fourth-order valence-corrected chi connectivity index (χ4v) is 2.46. The van der Waals surface area contributed by atoms with Crippen LogP contribution in [0, 0.1) is 12.8 Å². The van der Waals surface area contributed by atoms with Crippen LogP contribution in [0.15, 0.2) is 18.3 Å². The summed E-state index contributed by atoms with van der Waals surface area (Å²) in [6.45, 7) is 2.99. The van der Waals surface area contributed by atoms with E-state index in [1.54, 1.807) is 0 Å². The molecule has 1 aromatic rings. The van der Waals surface area contributed by atoms with Gasteiger partial charge in [-0.05, 0) is 49.8 Å². The van der Waals surface area contributed by atoms with Gasteiger partial charge in [-0.2, -0.15) is 0 Å². The predicted molar refractivity (Wildman–Crippen MR) is 63.5 cm³/mol. The van der Waals surface area contributed by atoms with Gasteiger partial charge in [0, 0.05) is 12.8 Å². The lowest BCUT2D eigenvalue weighted by Gasteiger charge is -2.20. The van der Waals surface area contributed by atoms with Gasteiger partial charge < -0.3 is 10.1 Å². The van der Waals surface area contributed by atoms with E-state index >= 15 is 0 Å². The second-order valence-electron chi connectivity index (χ2n) is 4.93. The smallest absolute Gasteiger partial charge is 0.126 e. The Bertz CT molecular complexity index is 376. The van der Waals surface area contributed by atoms with E-state index < -0.39 is 0 Å². The maximum absolute atomic E-state index is 5.80. The number of aromatic nitrogens is 1. The van der Waals surface area contributed by atoms with Crippen LogP contribution in [0.4, 0.5) is 5.82 Å². The molecule has 3 rings (SSSR count). The molecule has 2 fully saturated rings. The van der Waals surface area contributed by atoms with Gasteiger partial charge in [0.2, 0.25) is 0 Å². The quantitative estimate of drug-likeness (QED) is 0.845. The molecule has 0 bridgehead atoms. The molecular formula is C13H18N2O. The number of hydrogen-bond acceptors (Lipinski definition) is 3. The Morgan fingerprint density at radius 2 is 2.25 bits per heavy atom. The van der Waals surface area contributed by atoms with Gasteiger partial charge in [-0.3, -0.25) is 0 Å². The minimum absolute atomic E-state index is 0.419. The first-order valence-corrected chi connectivity index (χ1v) is 6.14. The van der Waals surface area contributed by atoms with Crippen molar-refractivity contribution >= 4 is 5.82 Å². The summed E-state index contributed by atoms with van der Waals surface area (Å²) in [6, 6.07) is 4.58. The highest BCUT2D eigenvalue weighted by Gasteiger charge is 2.40. The third-order valence-corrected chi connectivity index (χ3v) is 3.47. The zero-order valence-electron chi connectivity index (χ0n) is 9.65. The molecule has 1 saturated heterocycles. The van der Waals surface area contributed by atoms with Crippen molar-refractivity contribution in [2.24, 2.45) is 5.92 Å². The van der Waals surface area contributed by atoms with E-state index in [9.17, 15) is 0 Å². The Balaban J connectivity index is 1.69. The Kier molecular flexibility index (Phi) is 2.56. The fourth-order valence-electron chi connectivity index (χ4n) is 2.46. The summed E-state index contributed by atoms with van der Waals surface area (Å²) >= 11 is 0. The van der Waals surface area contributed by atoms with Crippen LogP contribution in [0.5, 0.6) is 0 Å². The van der Waals surface area contributed by atoms with Gasteiger partial charge in [-0.15, -0.1) is 0 Å². The van der Waals surface area contributed by atoms with Crippen molar-refractivity contribution in [1.82, 2.24) is 4.98 Å². The SMILES string of the molecule is Cc1ccnc(NC2CCOC2C2CC2)c1. The van der Waals surface area contributed by atoms with E-state index in [1.165, 1.54) is 18.4 Å². The fraction of sp³-hybridized carbons (Fsp3) is 0.615. The maximum Gasteiger partial charge on any atom is 0.126 e. The molecule has 0 spiro atoms. The largest absolute Gasteiger partial charge is 0.376 e. The lowest BCUT2D eigenvalue weighted by atomic mass is 10.1. The summed E-state index contributed by atoms with van der Waals surface area (Å²) in [6.07, 6.45) is 6.06. The van der Waals surface area contributed by atoms with Gasteiger partial charge in [0.1, 0.15) is 5.82 Å². The normalized spacial score (nSPS) is 29.3. The molecule has 0 aromatic carbocycles. The highest BCUT2D eigenvalue weighted by atomic mass is 16.5. The molecule has 2 heterocycles. The van der Waals surface area contributed by atoms with E-state index in [4.69, 9.17) is 4.74 Å². The molecule has 1 saturated carbocycles. The van der Waals surface area contributed by atoms with Crippen molar-refractivity contribution in [3.8, 4) is 0 Å². The molecular weight excluding hydrogens is 200 g/mol. The molecule has 0 amide bonds. The third kappa shape index (κ3) is 2.05. The number of pyridine rings is 1. The zero-order chi connectivity index (χ0) is 11.0. The first-order chi connectivity index (χ1) is 7.83. The second-order valence-corrected chi connectivity index (χ2v) is 4.93. The third-order valence-electron chi connectivity index (χ3n) is 3.47. The van der Waals surface area contributed by atoms with Crippen molar-refractivity contribution < 1.29 is 4.74 Å². The molecule has 1 aliphatic carbocycles. The van der Waals surface area contributed by atoms with Crippen molar-refractivity contribution in [2.75, 3.05) is 11.9 Å². The Hall–Kier alpha value is -1.09. The molecule has 0 radical (unpaired) electrons. The average Bonchev–Trinajstić information content (AvgIpc) is 3.00. The minimum Gasteiger partial charge on any atom is -0.376 e. The minimum atomic E-state index is 0.419. The van der Waals surface area contributed by atoms with Crippen LogP contribution in [0.1, 0.15) is 24.8 Å². The second kappa shape index (κ2) is 4.06. The van der Waals surface area contributed by atoms with Crippen molar-refractivity contribution in [2.45, 2.75) is 38.3 Å². The number of hydrogen-bond donors (Lipinski definition) is 1. The highest BCUT2D eigenvalue weighted by Crippen LogP contribution is 2.39. The summed E-state index contributed by atoms with van der Waals surface area (Å²) in [5.74, 6) is 1.78. The van der Waals surface area contributed by atoms with Crippen molar-refractivity contribution in [3.05, 3.63) is 23.9 Å². The van der Waals surface area contributed by atoms with Gasteiger partial charge in [-0.1, -0.05) is 0 Å². The number of aryl methyl sites for hydroxylation is 1. The molecule has 2 atom stereocenters. The number of nitrogens with one attached hydrogen (secondary N) is 1. The Labute approximate surface area is 96.2 Å². The van der Waals surface area contributed by atoms with Crippen LogP contribution in [-0.2, 0) is 4.74 Å². The lowest BCUT2D eigenvalue weighted by molar-refractivity contribution is 0.0898. The maximum atomic E-state index is 5.80. The molecule has 1 aliphatic heterocycles. The van der Waals surface area contributed by atoms with E-state index in [1.807, 2.05) is 12.3 Å². The Morgan fingerprint density at radius 1 is 1.38 bits per heavy atom. The summed E-state index contributed by atoms with van der Waals surface area (Å²) in [5, 5.41) is 3.52. The first-order valence-electron chi connectivity index (χ1n) is 6.14. The standard InChI is InChI=1S/C13H18N2O/c1-9-4-6-14-12(8-9)15-11-5-7-16-13(11)10-2-3-10/h4,6,8,10-11,13H,2-3,5,7H2,1H3,(H,14,15). The van der Waals surface area contributed by atoms with Gasteiger partial charge >= 0.3 is 0 Å². The van der Waals surface area contributed by atoms with Crippen LogP contribution in [0.2, 0.25) is 0 Å². The number of ether oxygens (including phenoxy) is 1. The van der Waals surface area contributed by atoms with E-state index in [0.717, 1.165) is 24.8 Å². The number of anilines is 1. The molecule has 1 aromatic heterocycles. The van der Waals surface area contributed by atoms with E-state index in [2.05, 4.69) is 23.3 Å². The van der Waals surface area contributed by atoms with Gasteiger partial charge in [0.15, 0.2) is 0 Å².